The van der Waals surface area contributed by atoms with Crippen LogP contribution in [0.25, 0.3) is 5.69 Å². The fourth-order valence-electron chi connectivity index (χ4n) is 4.88. The van der Waals surface area contributed by atoms with Gasteiger partial charge in [0, 0.05) is 37.7 Å². The first kappa shape index (κ1) is 30.6. The van der Waals surface area contributed by atoms with Crippen molar-refractivity contribution in [2.24, 2.45) is 0 Å². The van der Waals surface area contributed by atoms with Crippen LogP contribution in [0.3, 0.4) is 0 Å². The van der Waals surface area contributed by atoms with Gasteiger partial charge in [0.05, 0.1) is 22.8 Å². The van der Waals surface area contributed by atoms with Crippen molar-refractivity contribution in [2.45, 2.75) is 33.1 Å². The van der Waals surface area contributed by atoms with E-state index in [9.17, 15) is 22.8 Å². The molecule has 0 unspecified atom stereocenters. The number of carbonyl (C=O) groups is 2. The number of nitrogens with one attached hydrogen (secondary N) is 2. The predicted octanol–water partition coefficient (Wildman–Crippen LogP) is 6.02. The van der Waals surface area contributed by atoms with Crippen LogP contribution in [-0.2, 0) is 5.41 Å². The molecule has 1 aliphatic heterocycles. The molecule has 4 aromatic rings. The van der Waals surface area contributed by atoms with Gasteiger partial charge in [-0.15, -0.1) is 0 Å². The summed E-state index contributed by atoms with van der Waals surface area (Å²) in [6, 6.07) is 15.6. The number of rotatable bonds is 7. The molecule has 0 bridgehead atoms. The molecule has 1 fully saturated rings. The van der Waals surface area contributed by atoms with Gasteiger partial charge in [-0.1, -0.05) is 37.6 Å². The van der Waals surface area contributed by atoms with Crippen molar-refractivity contribution in [1.29, 1.82) is 0 Å². The maximum absolute atomic E-state index is 14.1. The largest absolute Gasteiger partial charge is 0.353 e. The number of benzene rings is 2. The van der Waals surface area contributed by atoms with Crippen LogP contribution in [0.1, 0.15) is 41.2 Å². The third kappa shape index (κ3) is 6.38. The molecule has 0 spiro atoms. The average Bonchev–Trinajstić information content (AvgIpc) is 3.43. The topological polar surface area (TPSA) is 95.4 Å². The lowest BCUT2D eigenvalue weighted by Gasteiger charge is -2.35. The van der Waals surface area contributed by atoms with Crippen LogP contribution >= 0.6 is 0 Å². The minimum absolute atomic E-state index is 0.269. The van der Waals surface area contributed by atoms with Gasteiger partial charge >= 0.3 is 6.03 Å². The van der Waals surface area contributed by atoms with Crippen LogP contribution in [0.2, 0.25) is 0 Å². The molecule has 2 aromatic heterocycles. The number of nitrogens with zero attached hydrogens (tertiary/aromatic N) is 5. The number of amides is 3. The molecule has 44 heavy (non-hydrogen) atoms. The third-order valence-corrected chi connectivity index (χ3v) is 7.64. The molecule has 12 heteroatoms. The molecule has 0 radical (unpaired) electrons. The Labute approximate surface area is 253 Å². The Balaban J connectivity index is 1.25. The Kier molecular flexibility index (Phi) is 8.61. The quantitative estimate of drug-likeness (QED) is 0.269. The van der Waals surface area contributed by atoms with E-state index >= 15 is 0 Å². The third-order valence-electron chi connectivity index (χ3n) is 7.64. The van der Waals surface area contributed by atoms with E-state index in [-0.39, 0.29) is 13.1 Å². The second-order valence-corrected chi connectivity index (χ2v) is 11.4. The fourth-order valence-corrected chi connectivity index (χ4v) is 4.88. The molecular formula is C32H34F3N7O2. The van der Waals surface area contributed by atoms with Crippen LogP contribution in [0.15, 0.2) is 60.7 Å². The average molecular weight is 606 g/mol. The van der Waals surface area contributed by atoms with Gasteiger partial charge in [-0.05, 0) is 50.2 Å². The van der Waals surface area contributed by atoms with Gasteiger partial charge in [0.15, 0.2) is 0 Å². The first-order chi connectivity index (χ1) is 21.0. The summed E-state index contributed by atoms with van der Waals surface area (Å²) >= 11 is 0. The summed E-state index contributed by atoms with van der Waals surface area (Å²) in [4.78, 5) is 33.8. The van der Waals surface area contributed by atoms with Crippen LogP contribution in [0.5, 0.6) is 0 Å². The maximum Gasteiger partial charge on any atom is 0.324 e. The number of piperazine rings is 1. The number of hydrogen-bond donors (Lipinski definition) is 2. The van der Waals surface area contributed by atoms with Crippen LogP contribution in [0, 0.1) is 25.5 Å². The van der Waals surface area contributed by atoms with Crippen molar-refractivity contribution in [1.82, 2.24) is 19.7 Å². The van der Waals surface area contributed by atoms with Crippen LogP contribution in [0.4, 0.5) is 35.3 Å². The molecule has 9 nitrogen and oxygen atoms in total. The number of pyridine rings is 1. The highest BCUT2D eigenvalue weighted by Gasteiger charge is 2.28. The normalized spacial score (nSPS) is 13.6. The second kappa shape index (κ2) is 12.4. The predicted molar refractivity (Wildman–Crippen MR) is 163 cm³/mol. The van der Waals surface area contributed by atoms with E-state index in [2.05, 4.69) is 20.7 Å². The van der Waals surface area contributed by atoms with E-state index in [0.717, 1.165) is 23.4 Å². The Bertz CT molecular complexity index is 1660. The number of aryl methyl sites for hydroxylation is 2. The number of hydrogen-bond acceptors (Lipinski definition) is 5. The van der Waals surface area contributed by atoms with Crippen LogP contribution < -0.4 is 15.5 Å². The summed E-state index contributed by atoms with van der Waals surface area (Å²) in [5.41, 5.74) is 1.95. The molecule has 0 saturated carbocycles. The summed E-state index contributed by atoms with van der Waals surface area (Å²) in [7, 11) is 0. The minimum atomic E-state index is -0.884. The minimum Gasteiger partial charge on any atom is -0.353 e. The Hall–Kier alpha value is -4.87. The lowest BCUT2D eigenvalue weighted by atomic mass is 9.91. The smallest absolute Gasteiger partial charge is 0.324 e. The van der Waals surface area contributed by atoms with Crippen molar-refractivity contribution in [3.63, 3.8) is 0 Å². The molecule has 2 N–H and O–H groups in total. The molecule has 2 aromatic carbocycles. The molecule has 1 aliphatic rings. The number of alkyl halides is 1. The SMILES string of the molecule is Cc1ccc(-n2nc(C(C)(C)CF)cc2NC(=O)Nc2ccc(N3CCN(C(=O)c4c(F)cccc4F)CC3)nc2C)cc1. The zero-order valence-corrected chi connectivity index (χ0v) is 25.0. The van der Waals surface area contributed by atoms with Crippen molar-refractivity contribution >= 4 is 29.3 Å². The van der Waals surface area contributed by atoms with Crippen molar-refractivity contribution in [2.75, 3.05) is 48.4 Å². The molecule has 3 heterocycles. The number of urea groups is 1. The number of aromatic nitrogens is 3. The lowest BCUT2D eigenvalue weighted by Crippen LogP contribution is -2.49. The highest BCUT2D eigenvalue weighted by molar-refractivity contribution is 6.00. The van der Waals surface area contributed by atoms with Gasteiger partial charge in [-0.2, -0.15) is 5.10 Å². The van der Waals surface area contributed by atoms with E-state index in [1.54, 1.807) is 43.7 Å². The molecule has 1 saturated heterocycles. The van der Waals surface area contributed by atoms with Gasteiger partial charge in [-0.3, -0.25) is 14.5 Å². The number of carbonyl (C=O) groups excluding carboxylic acids is 2. The Morgan fingerprint density at radius 2 is 1.57 bits per heavy atom. The van der Waals surface area contributed by atoms with Crippen molar-refractivity contribution in [3.8, 4) is 5.69 Å². The number of anilines is 3. The summed E-state index contributed by atoms with van der Waals surface area (Å²) in [6.45, 7) is 7.98. The van der Waals surface area contributed by atoms with Gasteiger partial charge in [-0.25, -0.2) is 23.2 Å². The first-order valence-corrected chi connectivity index (χ1v) is 14.2. The van der Waals surface area contributed by atoms with Crippen molar-refractivity contribution in [3.05, 3.63) is 94.8 Å². The molecular weight excluding hydrogens is 571 g/mol. The highest BCUT2D eigenvalue weighted by Crippen LogP contribution is 2.28. The maximum atomic E-state index is 14.1. The lowest BCUT2D eigenvalue weighted by molar-refractivity contribution is 0.0736. The van der Waals surface area contributed by atoms with E-state index in [4.69, 9.17) is 0 Å². The first-order valence-electron chi connectivity index (χ1n) is 14.2. The van der Waals surface area contributed by atoms with Crippen molar-refractivity contribution < 1.29 is 22.8 Å². The van der Waals surface area contributed by atoms with E-state index in [1.165, 1.54) is 11.0 Å². The highest BCUT2D eigenvalue weighted by atomic mass is 19.1. The summed E-state index contributed by atoms with van der Waals surface area (Å²) in [5, 5.41) is 10.2. The van der Waals surface area contributed by atoms with Gasteiger partial charge < -0.3 is 15.1 Å². The van der Waals surface area contributed by atoms with E-state index < -0.39 is 41.2 Å². The number of halogens is 3. The second-order valence-electron chi connectivity index (χ2n) is 11.4. The van der Waals surface area contributed by atoms with E-state index in [0.29, 0.717) is 41.8 Å². The van der Waals surface area contributed by atoms with Crippen LogP contribution in [-0.4, -0.2) is 64.5 Å². The van der Waals surface area contributed by atoms with Gasteiger partial charge in [0.25, 0.3) is 5.91 Å². The standard InChI is InChI=1S/C32H34F3N7O2/c1-20-8-10-22(11-9-20)42-28(18-26(39-42)32(3,4)19-33)38-31(44)37-25-12-13-27(36-21(25)2)40-14-16-41(17-15-40)30(43)29-23(34)6-5-7-24(29)35/h5-13,18H,14-17,19H2,1-4H3,(H2,37,38,44). The zero-order chi connectivity index (χ0) is 31.6. The molecule has 0 atom stereocenters. The van der Waals surface area contributed by atoms with Gasteiger partial charge in [0.2, 0.25) is 0 Å². The van der Waals surface area contributed by atoms with E-state index in [1.807, 2.05) is 36.1 Å². The summed E-state index contributed by atoms with van der Waals surface area (Å²) < 4.78 is 43.6. The van der Waals surface area contributed by atoms with Gasteiger partial charge in [0.1, 0.15) is 35.5 Å². The summed E-state index contributed by atoms with van der Waals surface area (Å²) in [6.07, 6.45) is 0. The Morgan fingerprint density at radius 1 is 0.909 bits per heavy atom. The molecule has 3 amide bonds. The summed E-state index contributed by atoms with van der Waals surface area (Å²) in [5.74, 6) is -1.42. The molecule has 5 rings (SSSR count). The zero-order valence-electron chi connectivity index (χ0n) is 25.0. The Morgan fingerprint density at radius 3 is 2.18 bits per heavy atom. The molecule has 230 valence electrons. The molecule has 0 aliphatic carbocycles. The monoisotopic (exact) mass is 605 g/mol. The fraction of sp³-hybridized carbons (Fsp3) is 0.312.